The lowest BCUT2D eigenvalue weighted by Gasteiger charge is -2.30. The zero-order chi connectivity index (χ0) is 32.1. The zero-order valence-electron chi connectivity index (χ0n) is 25.4. The number of thiazole rings is 1. The second-order valence-corrected chi connectivity index (χ2v) is 13.5. The van der Waals surface area contributed by atoms with E-state index in [1.807, 2.05) is 48.5 Å². The van der Waals surface area contributed by atoms with E-state index in [9.17, 15) is 9.18 Å². The van der Waals surface area contributed by atoms with Crippen LogP contribution in [0.4, 0.5) is 4.39 Å². The van der Waals surface area contributed by atoms with Crippen LogP contribution in [0, 0.1) is 5.82 Å². The summed E-state index contributed by atoms with van der Waals surface area (Å²) in [6.45, 7) is 0.367. The summed E-state index contributed by atoms with van der Waals surface area (Å²) < 4.78 is 29.1. The van der Waals surface area contributed by atoms with Gasteiger partial charge in [0.25, 0.3) is 5.56 Å². The van der Waals surface area contributed by atoms with E-state index in [4.69, 9.17) is 14.5 Å². The van der Waals surface area contributed by atoms with Gasteiger partial charge in [-0.1, -0.05) is 90.2 Å². The largest absolute Gasteiger partial charge is 0.493 e. The molecule has 232 valence electrons. The molecule has 8 heteroatoms. The van der Waals surface area contributed by atoms with Gasteiger partial charge in [-0.25, -0.2) is 9.38 Å². The van der Waals surface area contributed by atoms with Crippen LogP contribution in [0.1, 0.15) is 40.3 Å². The fourth-order valence-electron chi connectivity index (χ4n) is 6.65. The third-order valence-electron chi connectivity index (χ3n) is 8.86. The molecule has 0 amide bonds. The molecule has 2 heterocycles. The number of ether oxygens (including phenoxy) is 2. The molecule has 8 rings (SSSR count). The van der Waals surface area contributed by atoms with Crippen LogP contribution in [0.25, 0.3) is 22.5 Å². The number of allylic oxidation sites excluding steroid dienone is 1. The Balaban J connectivity index is 1.20. The number of fused-ring (bicyclic) bond motifs is 4. The molecule has 0 unspecified atom stereocenters. The maximum atomic E-state index is 14.2. The SMILES string of the molecule is COc1cc(/C=c2\sc3n(c2=O)[C@@H](c2ccc(F)cc2)C2=C(N=3)c3ccccc3CC2)cc(Br)c1OCc1cccc2ccccc12. The number of nitrogens with zero attached hydrogens (tertiary/aromatic N) is 2. The van der Waals surface area contributed by atoms with E-state index < -0.39 is 0 Å². The first-order valence-corrected chi connectivity index (χ1v) is 16.9. The summed E-state index contributed by atoms with van der Waals surface area (Å²) in [5.41, 5.74) is 6.89. The highest BCUT2D eigenvalue weighted by Gasteiger charge is 2.32. The molecule has 0 radical (unpaired) electrons. The predicted molar refractivity (Wildman–Crippen MR) is 188 cm³/mol. The van der Waals surface area contributed by atoms with Crippen molar-refractivity contribution in [1.29, 1.82) is 0 Å². The molecule has 0 saturated heterocycles. The van der Waals surface area contributed by atoms with Gasteiger partial charge in [-0.15, -0.1) is 0 Å². The van der Waals surface area contributed by atoms with Gasteiger partial charge < -0.3 is 9.47 Å². The van der Waals surface area contributed by atoms with E-state index in [0.717, 1.165) is 57.1 Å². The lowest BCUT2D eigenvalue weighted by atomic mass is 9.83. The number of benzene rings is 5. The lowest BCUT2D eigenvalue weighted by Crippen LogP contribution is -2.38. The average Bonchev–Trinajstić information content (AvgIpc) is 3.40. The van der Waals surface area contributed by atoms with Gasteiger partial charge in [-0.05, 0) is 97.7 Å². The summed E-state index contributed by atoms with van der Waals surface area (Å²) in [5.74, 6) is 0.824. The number of rotatable bonds is 6. The van der Waals surface area contributed by atoms with Crippen LogP contribution in [0.3, 0.4) is 0 Å². The Hall–Kier alpha value is -4.79. The highest BCUT2D eigenvalue weighted by atomic mass is 79.9. The second kappa shape index (κ2) is 12.1. The molecule has 2 aliphatic rings. The highest BCUT2D eigenvalue weighted by molar-refractivity contribution is 9.10. The van der Waals surface area contributed by atoms with Crippen molar-refractivity contribution in [3.63, 3.8) is 0 Å². The Kier molecular flexibility index (Phi) is 7.62. The number of aromatic nitrogens is 1. The second-order valence-electron chi connectivity index (χ2n) is 11.6. The molecule has 47 heavy (non-hydrogen) atoms. The first-order valence-electron chi connectivity index (χ1n) is 15.3. The fourth-order valence-corrected chi connectivity index (χ4v) is 8.23. The quantitative estimate of drug-likeness (QED) is 0.177. The average molecular weight is 704 g/mol. The maximum absolute atomic E-state index is 14.2. The summed E-state index contributed by atoms with van der Waals surface area (Å²) >= 11 is 5.05. The third kappa shape index (κ3) is 5.31. The van der Waals surface area contributed by atoms with Gasteiger partial charge in [0, 0.05) is 5.56 Å². The van der Waals surface area contributed by atoms with Gasteiger partial charge in [0.2, 0.25) is 0 Å². The zero-order valence-corrected chi connectivity index (χ0v) is 27.8. The van der Waals surface area contributed by atoms with E-state index in [2.05, 4.69) is 52.3 Å². The molecule has 5 nitrogen and oxygen atoms in total. The molecule has 1 atom stereocenters. The number of halogens is 2. The van der Waals surface area contributed by atoms with Gasteiger partial charge in [0.1, 0.15) is 12.4 Å². The summed E-state index contributed by atoms with van der Waals surface area (Å²) in [5, 5.41) is 2.30. The summed E-state index contributed by atoms with van der Waals surface area (Å²) in [7, 11) is 1.61. The van der Waals surface area contributed by atoms with Gasteiger partial charge in [0.15, 0.2) is 16.3 Å². The Morgan fingerprint density at radius 3 is 2.62 bits per heavy atom. The smallest absolute Gasteiger partial charge is 0.271 e. The van der Waals surface area contributed by atoms with Gasteiger partial charge in [-0.3, -0.25) is 9.36 Å². The Bertz CT molecular complexity index is 2410. The van der Waals surface area contributed by atoms with Crippen molar-refractivity contribution in [2.75, 3.05) is 7.11 Å². The minimum absolute atomic E-state index is 0.139. The first-order chi connectivity index (χ1) is 23.0. The van der Waals surface area contributed by atoms with Crippen LogP contribution in [0.5, 0.6) is 11.5 Å². The molecule has 0 spiro atoms. The van der Waals surface area contributed by atoms with Gasteiger partial charge in [-0.2, -0.15) is 0 Å². The molecule has 1 aromatic heterocycles. The van der Waals surface area contributed by atoms with E-state index in [1.165, 1.54) is 29.0 Å². The Morgan fingerprint density at radius 2 is 1.77 bits per heavy atom. The van der Waals surface area contributed by atoms with Gasteiger partial charge >= 0.3 is 0 Å². The van der Waals surface area contributed by atoms with Crippen molar-refractivity contribution < 1.29 is 13.9 Å². The van der Waals surface area contributed by atoms with Crippen molar-refractivity contribution in [3.8, 4) is 11.5 Å². The molecule has 0 N–H and O–H groups in total. The van der Waals surface area contributed by atoms with Crippen LogP contribution < -0.4 is 24.4 Å². The minimum Gasteiger partial charge on any atom is -0.493 e. The molecular weight excluding hydrogens is 675 g/mol. The normalized spacial score (nSPS) is 15.6. The van der Waals surface area contributed by atoms with Crippen molar-refractivity contribution in [2.45, 2.75) is 25.5 Å². The van der Waals surface area contributed by atoms with Crippen LogP contribution in [0.2, 0.25) is 0 Å². The van der Waals surface area contributed by atoms with Gasteiger partial charge in [0.05, 0.1) is 27.9 Å². The summed E-state index contributed by atoms with van der Waals surface area (Å²) in [6, 6.07) is 32.6. The molecule has 6 aromatic rings. The summed E-state index contributed by atoms with van der Waals surface area (Å²) in [6.07, 6.45) is 3.49. The fraction of sp³-hybridized carbons (Fsp3) is 0.128. The van der Waals surface area contributed by atoms with Crippen LogP contribution in [-0.2, 0) is 13.0 Å². The molecular formula is C39H28BrFN2O3S. The van der Waals surface area contributed by atoms with E-state index in [1.54, 1.807) is 23.8 Å². The van der Waals surface area contributed by atoms with Crippen molar-refractivity contribution in [2.24, 2.45) is 4.99 Å². The summed E-state index contributed by atoms with van der Waals surface area (Å²) in [4.78, 5) is 19.9. The molecule has 0 fully saturated rings. The third-order valence-corrected chi connectivity index (χ3v) is 10.4. The Labute approximate surface area is 282 Å². The first kappa shape index (κ1) is 29.6. The van der Waals surface area contributed by atoms with E-state index in [-0.39, 0.29) is 17.4 Å². The predicted octanol–water partition coefficient (Wildman–Crippen LogP) is 7.96. The van der Waals surface area contributed by atoms with Crippen LogP contribution in [0.15, 0.2) is 123 Å². The number of methoxy groups -OCH3 is 1. The van der Waals surface area contributed by atoms with Crippen LogP contribution in [-0.4, -0.2) is 11.7 Å². The molecule has 0 saturated carbocycles. The lowest BCUT2D eigenvalue weighted by molar-refractivity contribution is 0.283. The number of hydrogen-bond donors (Lipinski definition) is 0. The van der Waals surface area contributed by atoms with Crippen molar-refractivity contribution >= 4 is 49.8 Å². The monoisotopic (exact) mass is 702 g/mol. The van der Waals surface area contributed by atoms with E-state index in [0.29, 0.717) is 31.9 Å². The molecule has 1 aliphatic carbocycles. The minimum atomic E-state index is -0.372. The highest BCUT2D eigenvalue weighted by Crippen LogP contribution is 2.41. The molecule has 5 aromatic carbocycles. The number of hydrogen-bond acceptors (Lipinski definition) is 5. The molecule has 0 bridgehead atoms. The Morgan fingerprint density at radius 1 is 0.979 bits per heavy atom. The topological polar surface area (TPSA) is 52.8 Å². The van der Waals surface area contributed by atoms with Crippen molar-refractivity contribution in [3.05, 3.63) is 166 Å². The standard InChI is InChI=1S/C39H28BrFN2O3S/c1-45-33-20-23(19-32(40)37(33)46-22-27-10-6-9-24-7-2-4-11-29(24)27)21-34-38(44)43-36(26-13-16-28(41)17-14-26)31-18-15-25-8-3-5-12-30(25)35(31)42-39(43)47-34/h2-14,16-17,19-21,36H,15,18,22H2,1H3/b34-21-/t36-/m0/s1. The maximum Gasteiger partial charge on any atom is 0.271 e. The number of aryl methyl sites for hydroxylation is 1. The van der Waals surface area contributed by atoms with Crippen LogP contribution >= 0.6 is 27.3 Å². The van der Waals surface area contributed by atoms with E-state index >= 15 is 0 Å². The molecule has 1 aliphatic heterocycles. The van der Waals surface area contributed by atoms with Crippen molar-refractivity contribution in [1.82, 2.24) is 4.57 Å².